The molecule has 1 aliphatic heterocycles. The minimum atomic E-state index is -2.75. The number of sulfone groups is 1. The molecule has 1 aromatic carbocycles. The molecule has 1 aliphatic rings. The lowest BCUT2D eigenvalue weighted by Crippen LogP contribution is -2.39. The molecule has 1 heterocycles. The molecular weight excluding hydrogens is 246 g/mol. The number of rotatable bonds is 4. The number of hydrogen-bond donors (Lipinski definition) is 1. The molecule has 0 radical (unpaired) electrons. The maximum atomic E-state index is 11.3. The molecule has 0 spiro atoms. The van der Waals surface area contributed by atoms with Crippen LogP contribution >= 0.6 is 0 Å². The Morgan fingerprint density at radius 1 is 1.22 bits per heavy atom. The number of benzene rings is 1. The average molecular weight is 267 g/mol. The number of hydrogen-bond acceptors (Lipinski definition) is 3. The summed E-state index contributed by atoms with van der Waals surface area (Å²) in [5, 5.41) is 3.49. The monoisotopic (exact) mass is 267 g/mol. The summed E-state index contributed by atoms with van der Waals surface area (Å²) in [6.45, 7) is 3.11. The van der Waals surface area contributed by atoms with Crippen LogP contribution in [0.25, 0.3) is 0 Å². The van der Waals surface area contributed by atoms with E-state index >= 15 is 0 Å². The van der Waals surface area contributed by atoms with Gasteiger partial charge in [0.1, 0.15) is 9.84 Å². The molecule has 1 saturated heterocycles. The van der Waals surface area contributed by atoms with Gasteiger partial charge in [0.05, 0.1) is 11.5 Å². The maximum absolute atomic E-state index is 11.3. The average Bonchev–Trinajstić information content (AvgIpc) is 2.38. The van der Waals surface area contributed by atoms with E-state index in [0.29, 0.717) is 23.5 Å². The van der Waals surface area contributed by atoms with E-state index in [4.69, 9.17) is 0 Å². The first-order valence-corrected chi connectivity index (χ1v) is 8.38. The van der Waals surface area contributed by atoms with Gasteiger partial charge in [-0.3, -0.25) is 0 Å². The van der Waals surface area contributed by atoms with E-state index in [9.17, 15) is 8.42 Å². The van der Waals surface area contributed by atoms with Crippen molar-refractivity contribution in [2.75, 3.05) is 18.1 Å². The van der Waals surface area contributed by atoms with E-state index in [-0.39, 0.29) is 0 Å². The molecule has 4 heteroatoms. The van der Waals surface area contributed by atoms with E-state index in [1.54, 1.807) is 0 Å². The van der Waals surface area contributed by atoms with Crippen LogP contribution in [-0.2, 0) is 9.84 Å². The predicted octanol–water partition coefficient (Wildman–Crippen LogP) is 1.96. The highest BCUT2D eigenvalue weighted by Crippen LogP contribution is 2.16. The second-order valence-corrected chi connectivity index (χ2v) is 7.45. The van der Waals surface area contributed by atoms with Crippen molar-refractivity contribution in [3.8, 4) is 0 Å². The quantitative estimate of drug-likeness (QED) is 0.907. The normalized spacial score (nSPS) is 21.6. The van der Waals surface area contributed by atoms with Crippen molar-refractivity contribution >= 4 is 9.84 Å². The molecule has 0 aromatic heterocycles. The molecular formula is C14H21NO2S. The molecule has 0 aliphatic carbocycles. The van der Waals surface area contributed by atoms with Crippen LogP contribution in [0.5, 0.6) is 0 Å². The first-order chi connectivity index (χ1) is 8.57. The van der Waals surface area contributed by atoms with Crippen LogP contribution in [0.1, 0.15) is 31.2 Å². The molecule has 1 N–H and O–H groups in total. The Balaban J connectivity index is 1.79. The SMILES string of the molecule is CC(CNC1CCS(=O)(=O)CC1)c1ccccc1. The van der Waals surface area contributed by atoms with E-state index in [0.717, 1.165) is 19.4 Å². The first-order valence-electron chi connectivity index (χ1n) is 6.55. The molecule has 100 valence electrons. The highest BCUT2D eigenvalue weighted by Gasteiger charge is 2.23. The van der Waals surface area contributed by atoms with Gasteiger partial charge in [0.2, 0.25) is 0 Å². The fourth-order valence-corrected chi connectivity index (χ4v) is 3.83. The largest absolute Gasteiger partial charge is 0.313 e. The fourth-order valence-electron chi connectivity index (χ4n) is 2.34. The molecule has 3 nitrogen and oxygen atoms in total. The van der Waals surface area contributed by atoms with Crippen LogP contribution in [0, 0.1) is 0 Å². The second-order valence-electron chi connectivity index (χ2n) is 5.15. The van der Waals surface area contributed by atoms with Crippen LogP contribution in [0.3, 0.4) is 0 Å². The van der Waals surface area contributed by atoms with Crippen LogP contribution in [-0.4, -0.2) is 32.5 Å². The standard InChI is InChI=1S/C14H21NO2S/c1-12(13-5-3-2-4-6-13)11-15-14-7-9-18(16,17)10-8-14/h2-6,12,14-15H,7-11H2,1H3. The topological polar surface area (TPSA) is 46.2 Å². The zero-order valence-corrected chi connectivity index (χ0v) is 11.6. The zero-order valence-electron chi connectivity index (χ0n) is 10.8. The van der Waals surface area contributed by atoms with Gasteiger partial charge in [-0.25, -0.2) is 8.42 Å². The molecule has 1 unspecified atom stereocenters. The van der Waals surface area contributed by atoms with Gasteiger partial charge in [0.25, 0.3) is 0 Å². The Morgan fingerprint density at radius 2 is 1.83 bits per heavy atom. The summed E-state index contributed by atoms with van der Waals surface area (Å²) in [5.41, 5.74) is 1.33. The summed E-state index contributed by atoms with van der Waals surface area (Å²) in [7, 11) is -2.75. The third kappa shape index (κ3) is 3.82. The van der Waals surface area contributed by atoms with Crippen LogP contribution in [0.15, 0.2) is 30.3 Å². The van der Waals surface area contributed by atoms with Crippen molar-refractivity contribution < 1.29 is 8.42 Å². The predicted molar refractivity (Wildman–Crippen MR) is 74.5 cm³/mol. The summed E-state index contributed by atoms with van der Waals surface area (Å²) in [6, 6.07) is 10.8. The summed E-state index contributed by atoms with van der Waals surface area (Å²) in [4.78, 5) is 0. The summed E-state index contributed by atoms with van der Waals surface area (Å²) in [6.07, 6.45) is 1.51. The zero-order chi connectivity index (χ0) is 13.0. The highest BCUT2D eigenvalue weighted by atomic mass is 32.2. The van der Waals surface area contributed by atoms with Gasteiger partial charge < -0.3 is 5.32 Å². The van der Waals surface area contributed by atoms with Gasteiger partial charge in [-0.1, -0.05) is 37.3 Å². The van der Waals surface area contributed by atoms with Crippen LogP contribution in [0.2, 0.25) is 0 Å². The third-order valence-electron chi connectivity index (χ3n) is 3.64. The summed E-state index contributed by atoms with van der Waals surface area (Å²) < 4.78 is 22.7. The lowest BCUT2D eigenvalue weighted by atomic mass is 10.0. The van der Waals surface area contributed by atoms with Gasteiger partial charge in [0, 0.05) is 12.6 Å². The van der Waals surface area contributed by atoms with Gasteiger partial charge in [-0.15, -0.1) is 0 Å². The first kappa shape index (κ1) is 13.6. The van der Waals surface area contributed by atoms with Crippen molar-refractivity contribution in [3.05, 3.63) is 35.9 Å². The molecule has 0 saturated carbocycles. The molecule has 2 rings (SSSR count). The van der Waals surface area contributed by atoms with E-state index in [1.165, 1.54) is 5.56 Å². The highest BCUT2D eigenvalue weighted by molar-refractivity contribution is 7.91. The molecule has 1 atom stereocenters. The Kier molecular flexibility index (Phi) is 4.40. The Hall–Kier alpha value is -0.870. The molecule has 1 aromatic rings. The third-order valence-corrected chi connectivity index (χ3v) is 5.35. The lowest BCUT2D eigenvalue weighted by Gasteiger charge is -2.24. The molecule has 1 fully saturated rings. The smallest absolute Gasteiger partial charge is 0.150 e. The van der Waals surface area contributed by atoms with E-state index < -0.39 is 9.84 Å². The van der Waals surface area contributed by atoms with Gasteiger partial charge in [0.15, 0.2) is 0 Å². The molecule has 18 heavy (non-hydrogen) atoms. The van der Waals surface area contributed by atoms with E-state index in [2.05, 4.69) is 36.5 Å². The Morgan fingerprint density at radius 3 is 2.44 bits per heavy atom. The lowest BCUT2D eigenvalue weighted by molar-refractivity contribution is 0.450. The minimum absolute atomic E-state index is 0.338. The van der Waals surface area contributed by atoms with E-state index in [1.807, 2.05) is 6.07 Å². The van der Waals surface area contributed by atoms with Crippen molar-refractivity contribution in [2.24, 2.45) is 0 Å². The molecule has 0 amide bonds. The van der Waals surface area contributed by atoms with Gasteiger partial charge >= 0.3 is 0 Å². The van der Waals surface area contributed by atoms with Crippen molar-refractivity contribution in [1.82, 2.24) is 5.32 Å². The molecule has 0 bridgehead atoms. The van der Waals surface area contributed by atoms with Crippen molar-refractivity contribution in [3.63, 3.8) is 0 Å². The Bertz CT molecular complexity index is 456. The van der Waals surface area contributed by atoms with Gasteiger partial charge in [-0.05, 0) is 24.3 Å². The van der Waals surface area contributed by atoms with Crippen LogP contribution < -0.4 is 5.32 Å². The Labute approximate surface area is 110 Å². The van der Waals surface area contributed by atoms with Crippen LogP contribution in [0.4, 0.5) is 0 Å². The number of nitrogens with one attached hydrogen (secondary N) is 1. The maximum Gasteiger partial charge on any atom is 0.150 e. The van der Waals surface area contributed by atoms with Crippen molar-refractivity contribution in [2.45, 2.75) is 31.7 Å². The fraction of sp³-hybridized carbons (Fsp3) is 0.571. The summed E-state index contributed by atoms with van der Waals surface area (Å²) in [5.74, 6) is 1.14. The van der Waals surface area contributed by atoms with Gasteiger partial charge in [-0.2, -0.15) is 0 Å². The summed E-state index contributed by atoms with van der Waals surface area (Å²) >= 11 is 0. The van der Waals surface area contributed by atoms with Crippen molar-refractivity contribution in [1.29, 1.82) is 0 Å². The second kappa shape index (κ2) is 5.85. The minimum Gasteiger partial charge on any atom is -0.313 e.